The van der Waals surface area contributed by atoms with E-state index in [0.717, 1.165) is 23.1 Å². The average molecular weight is 476 g/mol. The molecule has 3 rings (SSSR count). The number of hydrogen-bond acceptors (Lipinski definition) is 7. The van der Waals surface area contributed by atoms with Gasteiger partial charge in [0, 0.05) is 31.0 Å². The molecule has 33 heavy (non-hydrogen) atoms. The number of ether oxygens (including phenoxy) is 2. The van der Waals surface area contributed by atoms with Gasteiger partial charge in [0.15, 0.2) is 0 Å². The third-order valence-corrected chi connectivity index (χ3v) is 7.49. The smallest absolute Gasteiger partial charge is 0.337 e. The molecule has 0 aliphatic carbocycles. The molecule has 9 nitrogen and oxygen atoms in total. The van der Waals surface area contributed by atoms with Crippen molar-refractivity contribution in [2.75, 3.05) is 56.7 Å². The van der Waals surface area contributed by atoms with E-state index in [0.29, 0.717) is 24.5 Å². The summed E-state index contributed by atoms with van der Waals surface area (Å²) in [5, 5.41) is 2.76. The standard InChI is InChI=1S/C23H29N3O6S/c1-4-26(33(29,30)21-10-5-18(15-17(21)2)23(28)31-3)16-22(27)24-19-6-8-20(9-7-19)25-11-13-32-14-12-25/h5-10,15H,4,11-14,16H2,1-3H3,(H,24,27). The number of nitrogens with zero attached hydrogens (tertiary/aromatic N) is 2. The third kappa shape index (κ3) is 5.89. The van der Waals surface area contributed by atoms with E-state index in [1.165, 1.54) is 25.3 Å². The second-order valence-electron chi connectivity index (χ2n) is 7.60. The van der Waals surface area contributed by atoms with Crippen LogP contribution in [-0.4, -0.2) is 71.1 Å². The number of aryl methyl sites for hydroxylation is 1. The monoisotopic (exact) mass is 475 g/mol. The highest BCUT2D eigenvalue weighted by molar-refractivity contribution is 7.89. The van der Waals surface area contributed by atoms with E-state index in [4.69, 9.17) is 4.74 Å². The van der Waals surface area contributed by atoms with Crippen molar-refractivity contribution in [1.82, 2.24) is 4.31 Å². The molecule has 1 amide bonds. The zero-order valence-corrected chi connectivity index (χ0v) is 19.9. The molecule has 2 aromatic carbocycles. The van der Waals surface area contributed by atoms with Crippen molar-refractivity contribution < 1.29 is 27.5 Å². The maximum absolute atomic E-state index is 13.2. The van der Waals surface area contributed by atoms with Crippen LogP contribution in [0, 0.1) is 6.92 Å². The molecular formula is C23H29N3O6S. The minimum atomic E-state index is -3.94. The maximum Gasteiger partial charge on any atom is 0.337 e. The molecule has 0 atom stereocenters. The highest BCUT2D eigenvalue weighted by Crippen LogP contribution is 2.22. The fourth-order valence-electron chi connectivity index (χ4n) is 3.63. The van der Waals surface area contributed by atoms with Crippen LogP contribution in [0.1, 0.15) is 22.8 Å². The van der Waals surface area contributed by atoms with E-state index >= 15 is 0 Å². The van der Waals surface area contributed by atoms with E-state index in [1.54, 1.807) is 26.0 Å². The summed E-state index contributed by atoms with van der Waals surface area (Å²) in [5.74, 6) is -0.989. The van der Waals surface area contributed by atoms with Gasteiger partial charge in [0.25, 0.3) is 0 Å². The van der Waals surface area contributed by atoms with Crippen molar-refractivity contribution in [2.45, 2.75) is 18.7 Å². The molecule has 1 aliphatic heterocycles. The molecule has 0 aromatic heterocycles. The highest BCUT2D eigenvalue weighted by atomic mass is 32.2. The summed E-state index contributed by atoms with van der Waals surface area (Å²) in [5.41, 5.74) is 2.29. The largest absolute Gasteiger partial charge is 0.465 e. The molecule has 0 saturated carbocycles. The number of methoxy groups -OCH3 is 1. The topological polar surface area (TPSA) is 105 Å². The molecular weight excluding hydrogens is 446 g/mol. The molecule has 10 heteroatoms. The number of hydrogen-bond donors (Lipinski definition) is 1. The Labute approximate surface area is 194 Å². The lowest BCUT2D eigenvalue weighted by Crippen LogP contribution is -2.38. The van der Waals surface area contributed by atoms with Crippen LogP contribution in [0.2, 0.25) is 0 Å². The summed E-state index contributed by atoms with van der Waals surface area (Å²) in [6.07, 6.45) is 0. The number of morpholine rings is 1. The number of rotatable bonds is 8. The Hall–Kier alpha value is -2.95. The Morgan fingerprint density at radius 2 is 1.79 bits per heavy atom. The Morgan fingerprint density at radius 1 is 1.12 bits per heavy atom. The molecule has 0 radical (unpaired) electrons. The van der Waals surface area contributed by atoms with Crippen molar-refractivity contribution >= 4 is 33.3 Å². The average Bonchev–Trinajstić information content (AvgIpc) is 2.82. The second-order valence-corrected chi connectivity index (χ2v) is 9.50. The van der Waals surface area contributed by atoms with Crippen LogP contribution in [0.5, 0.6) is 0 Å². The van der Waals surface area contributed by atoms with Gasteiger partial charge in [-0.3, -0.25) is 4.79 Å². The van der Waals surface area contributed by atoms with E-state index in [9.17, 15) is 18.0 Å². The van der Waals surface area contributed by atoms with E-state index in [2.05, 4.69) is 15.0 Å². The van der Waals surface area contributed by atoms with Gasteiger partial charge in [-0.15, -0.1) is 0 Å². The first-order valence-corrected chi connectivity index (χ1v) is 12.1. The van der Waals surface area contributed by atoms with Gasteiger partial charge in [-0.2, -0.15) is 4.31 Å². The molecule has 2 aromatic rings. The fraction of sp³-hybridized carbons (Fsp3) is 0.391. The van der Waals surface area contributed by atoms with Crippen molar-refractivity contribution in [1.29, 1.82) is 0 Å². The van der Waals surface area contributed by atoms with Crippen LogP contribution >= 0.6 is 0 Å². The van der Waals surface area contributed by atoms with Crippen molar-refractivity contribution in [3.05, 3.63) is 53.6 Å². The first kappa shape index (κ1) is 24.7. The van der Waals surface area contributed by atoms with Gasteiger partial charge < -0.3 is 19.7 Å². The minimum absolute atomic E-state index is 0.0414. The molecule has 0 unspecified atom stereocenters. The van der Waals surface area contributed by atoms with Crippen molar-refractivity contribution in [3.63, 3.8) is 0 Å². The Kier molecular flexibility index (Phi) is 8.06. The van der Waals surface area contributed by atoms with Crippen LogP contribution in [0.15, 0.2) is 47.4 Å². The van der Waals surface area contributed by atoms with Gasteiger partial charge >= 0.3 is 5.97 Å². The molecule has 0 spiro atoms. The summed E-state index contributed by atoms with van der Waals surface area (Å²) in [6, 6.07) is 11.6. The van der Waals surface area contributed by atoms with Crippen LogP contribution in [0.25, 0.3) is 0 Å². The lowest BCUT2D eigenvalue weighted by Gasteiger charge is -2.29. The van der Waals surface area contributed by atoms with Crippen LogP contribution in [-0.2, 0) is 24.3 Å². The molecule has 1 aliphatic rings. The minimum Gasteiger partial charge on any atom is -0.465 e. The van der Waals surface area contributed by atoms with Crippen LogP contribution in [0.4, 0.5) is 11.4 Å². The first-order valence-electron chi connectivity index (χ1n) is 10.7. The number of carbonyl (C=O) groups is 2. The summed E-state index contributed by atoms with van der Waals surface area (Å²) in [7, 11) is -2.68. The molecule has 178 valence electrons. The van der Waals surface area contributed by atoms with E-state index in [-0.39, 0.29) is 23.5 Å². The summed E-state index contributed by atoms with van der Waals surface area (Å²) < 4.78 is 37.5. The van der Waals surface area contributed by atoms with Gasteiger partial charge in [-0.25, -0.2) is 13.2 Å². The van der Waals surface area contributed by atoms with E-state index in [1.807, 2.05) is 12.1 Å². The molecule has 1 saturated heterocycles. The Balaban J connectivity index is 1.68. The van der Waals surface area contributed by atoms with Crippen LogP contribution < -0.4 is 10.2 Å². The lowest BCUT2D eigenvalue weighted by atomic mass is 10.1. The van der Waals surface area contributed by atoms with Crippen molar-refractivity contribution in [2.24, 2.45) is 0 Å². The normalized spacial score (nSPS) is 14.2. The number of esters is 1. The molecule has 0 bridgehead atoms. The molecule has 1 N–H and O–H groups in total. The van der Waals surface area contributed by atoms with Gasteiger partial charge in [-0.1, -0.05) is 6.92 Å². The maximum atomic E-state index is 13.2. The first-order chi connectivity index (χ1) is 15.8. The summed E-state index contributed by atoms with van der Waals surface area (Å²) in [6.45, 7) is 6.05. The number of benzene rings is 2. The Bertz CT molecular complexity index is 1100. The summed E-state index contributed by atoms with van der Waals surface area (Å²) in [4.78, 5) is 26.6. The number of carbonyl (C=O) groups excluding carboxylic acids is 2. The Morgan fingerprint density at radius 3 is 2.36 bits per heavy atom. The van der Waals surface area contributed by atoms with Gasteiger partial charge in [-0.05, 0) is 55.0 Å². The predicted molar refractivity (Wildman–Crippen MR) is 125 cm³/mol. The van der Waals surface area contributed by atoms with Gasteiger partial charge in [0.1, 0.15) is 0 Å². The zero-order valence-electron chi connectivity index (χ0n) is 19.0. The zero-order chi connectivity index (χ0) is 24.0. The SMILES string of the molecule is CCN(CC(=O)Nc1ccc(N2CCOCC2)cc1)S(=O)(=O)c1ccc(C(=O)OC)cc1C. The molecule has 1 fully saturated rings. The van der Waals surface area contributed by atoms with E-state index < -0.39 is 21.9 Å². The fourth-order valence-corrected chi connectivity index (χ4v) is 5.24. The number of likely N-dealkylation sites (N-methyl/N-ethyl adjacent to an activating group) is 1. The summed E-state index contributed by atoms with van der Waals surface area (Å²) >= 11 is 0. The predicted octanol–water partition coefficient (Wildman–Crippen LogP) is 2.27. The van der Waals surface area contributed by atoms with Crippen molar-refractivity contribution in [3.8, 4) is 0 Å². The number of sulfonamides is 1. The number of anilines is 2. The number of amides is 1. The van der Waals surface area contributed by atoms with Gasteiger partial charge in [0.2, 0.25) is 15.9 Å². The van der Waals surface area contributed by atoms with Crippen LogP contribution in [0.3, 0.4) is 0 Å². The second kappa shape index (κ2) is 10.8. The van der Waals surface area contributed by atoms with Gasteiger partial charge in [0.05, 0.1) is 37.3 Å². The quantitative estimate of drug-likeness (QED) is 0.584. The third-order valence-electron chi connectivity index (χ3n) is 5.41. The molecule has 1 heterocycles. The number of nitrogens with one attached hydrogen (secondary N) is 1. The lowest BCUT2D eigenvalue weighted by molar-refractivity contribution is -0.116. The highest BCUT2D eigenvalue weighted by Gasteiger charge is 2.27.